The molecule has 1 heterocycles. The molecule has 0 atom stereocenters. The Kier molecular flexibility index (Phi) is 5.09. The molecule has 1 aromatic heterocycles. The third-order valence-corrected chi connectivity index (χ3v) is 4.14. The third kappa shape index (κ3) is 4.23. The van der Waals surface area contributed by atoms with Gasteiger partial charge < -0.3 is 10.6 Å². The van der Waals surface area contributed by atoms with E-state index in [-0.39, 0.29) is 5.91 Å². The highest BCUT2D eigenvalue weighted by molar-refractivity contribution is 6.04. The number of hydrogen-bond acceptors (Lipinski definition) is 3. The smallest absolute Gasteiger partial charge is 0.257 e. The Hall–Kier alpha value is -3.14. The monoisotopic (exact) mass is 331 g/mol. The Morgan fingerprint density at radius 1 is 0.920 bits per heavy atom. The third-order valence-electron chi connectivity index (χ3n) is 4.14. The normalized spacial score (nSPS) is 10.3. The number of nitrogens with zero attached hydrogens (tertiary/aromatic N) is 1. The molecule has 0 spiro atoms. The predicted octanol–water partition coefficient (Wildman–Crippen LogP) is 4.56. The van der Waals surface area contributed by atoms with E-state index in [0.717, 1.165) is 17.8 Å². The summed E-state index contributed by atoms with van der Waals surface area (Å²) in [5.41, 5.74) is 5.02. The van der Waals surface area contributed by atoms with Gasteiger partial charge in [0.2, 0.25) is 0 Å². The Bertz CT molecular complexity index is 872. The first kappa shape index (κ1) is 16.7. The van der Waals surface area contributed by atoms with Crippen LogP contribution in [0.25, 0.3) is 0 Å². The number of carbonyl (C=O) groups is 1. The van der Waals surface area contributed by atoms with Gasteiger partial charge in [0.1, 0.15) is 5.82 Å². The maximum absolute atomic E-state index is 12.3. The van der Waals surface area contributed by atoms with Crippen molar-refractivity contribution in [3.63, 3.8) is 0 Å². The number of aryl methyl sites for hydroxylation is 2. The van der Waals surface area contributed by atoms with Crippen molar-refractivity contribution in [3.05, 3.63) is 89.1 Å². The van der Waals surface area contributed by atoms with Gasteiger partial charge in [0.15, 0.2) is 0 Å². The number of benzene rings is 2. The maximum Gasteiger partial charge on any atom is 0.257 e. The first-order valence-electron chi connectivity index (χ1n) is 8.25. The van der Waals surface area contributed by atoms with Crippen molar-refractivity contribution in [1.29, 1.82) is 0 Å². The Morgan fingerprint density at radius 2 is 1.64 bits per heavy atom. The van der Waals surface area contributed by atoms with Gasteiger partial charge in [-0.2, -0.15) is 0 Å². The standard InChI is InChI=1S/C21H21N3O/c1-15-7-3-5-9-17(15)13-22-18-11-12-20(23-14-18)24-21(25)19-10-6-4-8-16(19)2/h3-12,14,22H,13H2,1-2H3,(H,23,24,25). The van der Waals surface area contributed by atoms with Crippen LogP contribution < -0.4 is 10.6 Å². The van der Waals surface area contributed by atoms with Crippen LogP contribution in [0.4, 0.5) is 11.5 Å². The van der Waals surface area contributed by atoms with Crippen LogP contribution in [0.3, 0.4) is 0 Å². The molecular weight excluding hydrogens is 310 g/mol. The molecule has 0 saturated carbocycles. The first-order valence-corrected chi connectivity index (χ1v) is 8.25. The summed E-state index contributed by atoms with van der Waals surface area (Å²) in [6.07, 6.45) is 1.73. The largest absolute Gasteiger partial charge is 0.380 e. The molecule has 3 aromatic rings. The van der Waals surface area contributed by atoms with Crippen molar-refractivity contribution < 1.29 is 4.79 Å². The van der Waals surface area contributed by atoms with Gasteiger partial charge in [-0.05, 0) is 48.7 Å². The van der Waals surface area contributed by atoms with E-state index in [2.05, 4.69) is 34.7 Å². The van der Waals surface area contributed by atoms with Gasteiger partial charge >= 0.3 is 0 Å². The Morgan fingerprint density at radius 3 is 2.32 bits per heavy atom. The summed E-state index contributed by atoms with van der Waals surface area (Å²) in [5.74, 6) is 0.390. The highest BCUT2D eigenvalue weighted by atomic mass is 16.1. The van der Waals surface area contributed by atoms with E-state index in [1.165, 1.54) is 11.1 Å². The van der Waals surface area contributed by atoms with E-state index in [1.807, 2.05) is 49.4 Å². The van der Waals surface area contributed by atoms with E-state index in [9.17, 15) is 4.79 Å². The molecule has 4 heteroatoms. The fourth-order valence-electron chi connectivity index (χ4n) is 2.59. The molecule has 1 amide bonds. The van der Waals surface area contributed by atoms with Crippen molar-refractivity contribution in [3.8, 4) is 0 Å². The zero-order chi connectivity index (χ0) is 17.6. The van der Waals surface area contributed by atoms with Gasteiger partial charge in [0.05, 0.1) is 11.9 Å². The minimum atomic E-state index is -0.147. The van der Waals surface area contributed by atoms with Crippen LogP contribution in [-0.2, 0) is 6.54 Å². The van der Waals surface area contributed by atoms with Gasteiger partial charge in [-0.15, -0.1) is 0 Å². The SMILES string of the molecule is Cc1ccccc1CNc1ccc(NC(=O)c2ccccc2C)nc1. The summed E-state index contributed by atoms with van der Waals surface area (Å²) in [7, 11) is 0. The summed E-state index contributed by atoms with van der Waals surface area (Å²) in [6, 6.07) is 19.5. The van der Waals surface area contributed by atoms with Gasteiger partial charge in [0, 0.05) is 12.1 Å². The second kappa shape index (κ2) is 7.62. The minimum Gasteiger partial charge on any atom is -0.380 e. The highest BCUT2D eigenvalue weighted by Crippen LogP contribution is 2.15. The van der Waals surface area contributed by atoms with Crippen LogP contribution in [-0.4, -0.2) is 10.9 Å². The molecule has 2 aromatic carbocycles. The lowest BCUT2D eigenvalue weighted by Gasteiger charge is -2.10. The minimum absolute atomic E-state index is 0.147. The summed E-state index contributed by atoms with van der Waals surface area (Å²) in [4.78, 5) is 16.6. The van der Waals surface area contributed by atoms with Crippen molar-refractivity contribution in [2.45, 2.75) is 20.4 Å². The van der Waals surface area contributed by atoms with E-state index < -0.39 is 0 Å². The van der Waals surface area contributed by atoms with Gasteiger partial charge in [-0.3, -0.25) is 4.79 Å². The number of anilines is 2. The lowest BCUT2D eigenvalue weighted by atomic mass is 10.1. The van der Waals surface area contributed by atoms with E-state index in [1.54, 1.807) is 12.3 Å². The predicted molar refractivity (Wildman–Crippen MR) is 102 cm³/mol. The van der Waals surface area contributed by atoms with Crippen molar-refractivity contribution >= 4 is 17.4 Å². The zero-order valence-corrected chi connectivity index (χ0v) is 14.4. The van der Waals surface area contributed by atoms with Crippen molar-refractivity contribution in [2.75, 3.05) is 10.6 Å². The lowest BCUT2D eigenvalue weighted by molar-refractivity contribution is 0.102. The molecule has 0 aliphatic heterocycles. The summed E-state index contributed by atoms with van der Waals surface area (Å²) >= 11 is 0. The fraction of sp³-hybridized carbons (Fsp3) is 0.143. The quantitative estimate of drug-likeness (QED) is 0.720. The number of carbonyl (C=O) groups excluding carboxylic acids is 1. The van der Waals surface area contributed by atoms with Crippen molar-refractivity contribution in [2.24, 2.45) is 0 Å². The number of rotatable bonds is 5. The number of aromatic nitrogens is 1. The summed E-state index contributed by atoms with van der Waals surface area (Å²) in [5, 5.41) is 6.18. The molecule has 25 heavy (non-hydrogen) atoms. The average molecular weight is 331 g/mol. The summed E-state index contributed by atoms with van der Waals surface area (Å²) in [6.45, 7) is 4.75. The number of nitrogens with one attached hydrogen (secondary N) is 2. The Labute approximate surface area is 147 Å². The lowest BCUT2D eigenvalue weighted by Crippen LogP contribution is -2.14. The molecule has 0 bridgehead atoms. The number of pyridine rings is 1. The summed E-state index contributed by atoms with van der Waals surface area (Å²) < 4.78 is 0. The van der Waals surface area contributed by atoms with Crippen LogP contribution in [0.5, 0.6) is 0 Å². The van der Waals surface area contributed by atoms with E-state index >= 15 is 0 Å². The molecule has 0 saturated heterocycles. The number of hydrogen-bond donors (Lipinski definition) is 2. The molecular formula is C21H21N3O. The van der Waals surface area contributed by atoms with Gasteiger partial charge in [-0.1, -0.05) is 42.5 Å². The molecule has 2 N–H and O–H groups in total. The highest BCUT2D eigenvalue weighted by Gasteiger charge is 2.09. The van der Waals surface area contributed by atoms with Gasteiger partial charge in [-0.25, -0.2) is 4.98 Å². The molecule has 0 fully saturated rings. The molecule has 3 rings (SSSR count). The average Bonchev–Trinajstić information content (AvgIpc) is 2.62. The molecule has 0 radical (unpaired) electrons. The zero-order valence-electron chi connectivity index (χ0n) is 14.4. The molecule has 0 aliphatic rings. The van der Waals surface area contributed by atoms with E-state index in [4.69, 9.17) is 0 Å². The first-order chi connectivity index (χ1) is 12.1. The maximum atomic E-state index is 12.3. The van der Waals surface area contributed by atoms with Crippen LogP contribution in [0, 0.1) is 13.8 Å². The molecule has 0 unspecified atom stereocenters. The molecule has 126 valence electrons. The molecule has 0 aliphatic carbocycles. The second-order valence-electron chi connectivity index (χ2n) is 5.98. The van der Waals surface area contributed by atoms with Crippen LogP contribution in [0.15, 0.2) is 66.9 Å². The van der Waals surface area contributed by atoms with Gasteiger partial charge in [0.25, 0.3) is 5.91 Å². The molecule has 4 nitrogen and oxygen atoms in total. The van der Waals surface area contributed by atoms with Crippen LogP contribution in [0.2, 0.25) is 0 Å². The van der Waals surface area contributed by atoms with E-state index in [0.29, 0.717) is 11.4 Å². The topological polar surface area (TPSA) is 54.0 Å². The Balaban J connectivity index is 1.62. The van der Waals surface area contributed by atoms with Crippen LogP contribution in [0.1, 0.15) is 27.0 Å². The number of amides is 1. The van der Waals surface area contributed by atoms with Crippen molar-refractivity contribution in [1.82, 2.24) is 4.98 Å². The van der Waals surface area contributed by atoms with Crippen LogP contribution >= 0.6 is 0 Å². The second-order valence-corrected chi connectivity index (χ2v) is 5.98. The fourth-order valence-corrected chi connectivity index (χ4v) is 2.59.